The van der Waals surface area contributed by atoms with Gasteiger partial charge in [0.05, 0.1) is 17.6 Å². The zero-order chi connectivity index (χ0) is 19.4. The molecule has 0 radical (unpaired) electrons. The predicted octanol–water partition coefficient (Wildman–Crippen LogP) is -0.149. The van der Waals surface area contributed by atoms with Gasteiger partial charge in [0.1, 0.15) is 11.7 Å². The fourth-order valence-electron chi connectivity index (χ4n) is 2.30. The Hall–Kier alpha value is -3.31. The molecule has 1 heterocycles. The summed E-state index contributed by atoms with van der Waals surface area (Å²) >= 11 is 0. The number of nitrogens with zero attached hydrogens (tertiary/aromatic N) is 3. The van der Waals surface area contributed by atoms with Crippen LogP contribution in [0.3, 0.4) is 0 Å². The summed E-state index contributed by atoms with van der Waals surface area (Å²) in [7, 11) is 1.44. The molecule has 1 aromatic carbocycles. The second-order valence-corrected chi connectivity index (χ2v) is 5.43. The van der Waals surface area contributed by atoms with Crippen molar-refractivity contribution in [2.75, 3.05) is 6.61 Å². The van der Waals surface area contributed by atoms with E-state index in [9.17, 15) is 29.9 Å². The Morgan fingerprint density at radius 1 is 1.35 bits per heavy atom. The lowest BCUT2D eigenvalue weighted by Crippen LogP contribution is -2.42. The van der Waals surface area contributed by atoms with Gasteiger partial charge < -0.3 is 20.6 Å². The topological polar surface area (TPSA) is 168 Å². The van der Waals surface area contributed by atoms with Crippen molar-refractivity contribution in [3.8, 4) is 0 Å². The van der Waals surface area contributed by atoms with Crippen LogP contribution < -0.4 is 5.32 Å². The number of nitro groups is 1. The Balaban J connectivity index is 2.19. The average molecular weight is 364 g/mol. The third kappa shape index (κ3) is 4.02. The third-order valence-electron chi connectivity index (χ3n) is 3.61. The van der Waals surface area contributed by atoms with E-state index in [1.54, 1.807) is 0 Å². The first-order valence-corrected chi connectivity index (χ1v) is 7.35. The number of carbonyl (C=O) groups excluding carboxylic acids is 1. The van der Waals surface area contributed by atoms with Gasteiger partial charge in [-0.25, -0.2) is 4.79 Å². The van der Waals surface area contributed by atoms with Crippen LogP contribution >= 0.6 is 0 Å². The van der Waals surface area contributed by atoms with E-state index in [4.69, 9.17) is 5.11 Å². The number of benzene rings is 1. The highest BCUT2D eigenvalue weighted by molar-refractivity contribution is 6.03. The van der Waals surface area contributed by atoms with E-state index >= 15 is 0 Å². The molecule has 0 aliphatic carbocycles. The van der Waals surface area contributed by atoms with Gasteiger partial charge in [-0.3, -0.25) is 19.6 Å². The summed E-state index contributed by atoms with van der Waals surface area (Å²) in [5.41, 5.74) is -0.639. The van der Waals surface area contributed by atoms with Crippen LogP contribution in [0.4, 0.5) is 5.69 Å². The van der Waals surface area contributed by atoms with Crippen LogP contribution in [0.15, 0.2) is 30.5 Å². The van der Waals surface area contributed by atoms with Crippen molar-refractivity contribution in [1.29, 1.82) is 0 Å². The van der Waals surface area contributed by atoms with E-state index in [0.29, 0.717) is 0 Å². The van der Waals surface area contributed by atoms with Gasteiger partial charge in [-0.05, 0) is 17.7 Å². The zero-order valence-electron chi connectivity index (χ0n) is 13.6. The highest BCUT2D eigenvalue weighted by Gasteiger charge is 2.27. The van der Waals surface area contributed by atoms with Crippen molar-refractivity contribution in [1.82, 2.24) is 15.1 Å². The molecule has 2 rings (SSSR count). The summed E-state index contributed by atoms with van der Waals surface area (Å²) < 4.78 is 1.15. The van der Waals surface area contributed by atoms with Gasteiger partial charge in [0.15, 0.2) is 5.69 Å². The van der Waals surface area contributed by atoms with Crippen LogP contribution in [0, 0.1) is 10.1 Å². The molecule has 0 saturated carbocycles. The number of aromatic nitrogens is 2. The van der Waals surface area contributed by atoms with E-state index in [1.807, 2.05) is 0 Å². The molecule has 0 bridgehead atoms. The highest BCUT2D eigenvalue weighted by Crippen LogP contribution is 2.21. The lowest BCUT2D eigenvalue weighted by molar-refractivity contribution is -0.384. The highest BCUT2D eigenvalue weighted by atomic mass is 16.6. The minimum Gasteiger partial charge on any atom is -0.478 e. The number of rotatable bonds is 7. The first-order chi connectivity index (χ1) is 12.2. The molecule has 1 aromatic heterocycles. The Labute approximate surface area is 146 Å². The SMILES string of the molecule is Cn1cc(C(=O)O)c(C(=O)N[C@H](CO)[C@@H](O)c2ccc([N+](=O)[O-])cc2)n1. The normalized spacial score (nSPS) is 13.0. The molecule has 0 aliphatic heterocycles. The second kappa shape index (κ2) is 7.72. The standard InChI is InChI=1S/C15H16N4O7/c1-18-6-10(15(23)24)12(17-18)14(22)16-11(7-20)13(21)8-2-4-9(5-3-8)19(25)26/h2-6,11,13,20-21H,7H2,1H3,(H,16,22)(H,23,24)/t11-,13+/m1/s1. The second-order valence-electron chi connectivity index (χ2n) is 5.43. The number of aliphatic hydroxyl groups excluding tert-OH is 2. The fraction of sp³-hybridized carbons (Fsp3) is 0.267. The number of carboxylic acids is 1. The fourth-order valence-corrected chi connectivity index (χ4v) is 2.30. The molecule has 0 fully saturated rings. The number of nitrogens with one attached hydrogen (secondary N) is 1. The summed E-state index contributed by atoms with van der Waals surface area (Å²) in [6.45, 7) is -0.654. The van der Waals surface area contributed by atoms with E-state index in [1.165, 1.54) is 31.3 Å². The van der Waals surface area contributed by atoms with Gasteiger partial charge in [-0.15, -0.1) is 0 Å². The van der Waals surface area contributed by atoms with Gasteiger partial charge >= 0.3 is 5.97 Å². The quantitative estimate of drug-likeness (QED) is 0.388. The van der Waals surface area contributed by atoms with Crippen LogP contribution in [0.2, 0.25) is 0 Å². The molecule has 0 unspecified atom stereocenters. The maximum absolute atomic E-state index is 12.3. The molecule has 0 aliphatic rings. The number of amides is 1. The smallest absolute Gasteiger partial charge is 0.339 e. The third-order valence-corrected chi connectivity index (χ3v) is 3.61. The summed E-state index contributed by atoms with van der Waals surface area (Å²) in [4.78, 5) is 33.5. The Morgan fingerprint density at radius 2 is 1.96 bits per heavy atom. The molecular formula is C15H16N4O7. The summed E-state index contributed by atoms with van der Waals surface area (Å²) in [6.07, 6.45) is -0.223. The molecule has 0 saturated heterocycles. The number of aryl methyl sites for hydroxylation is 1. The lowest BCUT2D eigenvalue weighted by Gasteiger charge is -2.22. The maximum atomic E-state index is 12.3. The van der Waals surface area contributed by atoms with Crippen molar-refractivity contribution in [2.45, 2.75) is 12.1 Å². The molecule has 11 heteroatoms. The molecule has 138 valence electrons. The van der Waals surface area contributed by atoms with Gasteiger partial charge in [0, 0.05) is 25.4 Å². The van der Waals surface area contributed by atoms with Gasteiger partial charge in [-0.1, -0.05) is 0 Å². The van der Waals surface area contributed by atoms with Crippen molar-refractivity contribution < 1.29 is 29.8 Å². The first kappa shape index (κ1) is 19.0. The monoisotopic (exact) mass is 364 g/mol. The van der Waals surface area contributed by atoms with Crippen molar-refractivity contribution in [2.24, 2.45) is 7.05 Å². The molecule has 26 heavy (non-hydrogen) atoms. The summed E-state index contributed by atoms with van der Waals surface area (Å²) in [5, 5.41) is 45.6. The first-order valence-electron chi connectivity index (χ1n) is 7.35. The minimum absolute atomic E-state index is 0.176. The lowest BCUT2D eigenvalue weighted by atomic mass is 10.0. The van der Waals surface area contributed by atoms with E-state index in [0.717, 1.165) is 10.9 Å². The predicted molar refractivity (Wildman–Crippen MR) is 86.6 cm³/mol. The number of carboxylic acid groups (broad SMARTS) is 1. The zero-order valence-corrected chi connectivity index (χ0v) is 13.6. The molecule has 2 atom stereocenters. The number of nitro benzene ring substituents is 1. The summed E-state index contributed by atoms with van der Waals surface area (Å²) in [5.74, 6) is -2.23. The molecule has 1 amide bonds. The largest absolute Gasteiger partial charge is 0.478 e. The van der Waals surface area contributed by atoms with Crippen LogP contribution in [-0.4, -0.2) is 54.5 Å². The van der Waals surface area contributed by atoms with Crippen LogP contribution in [-0.2, 0) is 7.05 Å². The Kier molecular flexibility index (Phi) is 5.64. The van der Waals surface area contributed by atoms with Crippen molar-refractivity contribution >= 4 is 17.6 Å². The van der Waals surface area contributed by atoms with Gasteiger partial charge in [0.25, 0.3) is 11.6 Å². The van der Waals surface area contributed by atoms with Crippen LogP contribution in [0.25, 0.3) is 0 Å². The Morgan fingerprint density at radius 3 is 2.46 bits per heavy atom. The molecular weight excluding hydrogens is 348 g/mol. The number of hydrogen-bond donors (Lipinski definition) is 4. The number of aromatic carboxylic acids is 1. The number of hydrogen-bond acceptors (Lipinski definition) is 7. The van der Waals surface area contributed by atoms with Crippen LogP contribution in [0.1, 0.15) is 32.5 Å². The van der Waals surface area contributed by atoms with Crippen molar-refractivity contribution in [3.63, 3.8) is 0 Å². The molecule has 2 aromatic rings. The number of carbonyl (C=O) groups is 2. The van der Waals surface area contributed by atoms with Gasteiger partial charge in [-0.2, -0.15) is 5.10 Å². The van der Waals surface area contributed by atoms with E-state index < -0.39 is 35.6 Å². The van der Waals surface area contributed by atoms with Crippen molar-refractivity contribution in [3.05, 3.63) is 57.4 Å². The molecule has 4 N–H and O–H groups in total. The minimum atomic E-state index is -1.37. The summed E-state index contributed by atoms with van der Waals surface area (Å²) in [6, 6.07) is 3.77. The molecule has 0 spiro atoms. The maximum Gasteiger partial charge on any atom is 0.339 e. The van der Waals surface area contributed by atoms with E-state index in [-0.39, 0.29) is 22.5 Å². The average Bonchev–Trinajstić information content (AvgIpc) is 3.01. The van der Waals surface area contributed by atoms with Crippen LogP contribution in [0.5, 0.6) is 0 Å². The molecule has 11 nitrogen and oxygen atoms in total. The van der Waals surface area contributed by atoms with E-state index in [2.05, 4.69) is 10.4 Å². The Bertz CT molecular complexity index is 831. The van der Waals surface area contributed by atoms with Gasteiger partial charge in [0.2, 0.25) is 0 Å². The number of aliphatic hydroxyl groups is 2. The number of non-ortho nitro benzene ring substituents is 1.